The van der Waals surface area contributed by atoms with Gasteiger partial charge in [-0.2, -0.15) is 0 Å². The van der Waals surface area contributed by atoms with Gasteiger partial charge in [-0.15, -0.1) is 0 Å². The summed E-state index contributed by atoms with van der Waals surface area (Å²) in [5.41, 5.74) is 0.444. The summed E-state index contributed by atoms with van der Waals surface area (Å²) in [4.78, 5) is 10.2. The summed E-state index contributed by atoms with van der Waals surface area (Å²) in [6.45, 7) is 0. The van der Waals surface area contributed by atoms with Crippen LogP contribution in [0, 0.1) is 0 Å². The van der Waals surface area contributed by atoms with Crippen LogP contribution in [0.4, 0.5) is 0 Å². The molecule has 0 aliphatic carbocycles. The van der Waals surface area contributed by atoms with Crippen LogP contribution in [0.15, 0.2) is 18.2 Å². The van der Waals surface area contributed by atoms with Crippen LogP contribution in [0.1, 0.15) is 11.7 Å². The fraction of sp³-hybridized carbons (Fsp3) is 0.125. The molecule has 0 aliphatic heterocycles. The minimum absolute atomic E-state index is 0.329. The lowest BCUT2D eigenvalue weighted by molar-refractivity contribution is -0.115. The van der Waals surface area contributed by atoms with Crippen LogP contribution >= 0.6 is 23.2 Å². The summed E-state index contributed by atoms with van der Waals surface area (Å²) < 4.78 is 0. The Morgan fingerprint density at radius 3 is 2.50 bits per heavy atom. The molecule has 0 bridgehead atoms. The Morgan fingerprint density at radius 1 is 1.33 bits per heavy atom. The van der Waals surface area contributed by atoms with Crippen molar-refractivity contribution in [2.45, 2.75) is 6.10 Å². The number of carbonyl (C=O) groups excluding carboxylic acids is 1. The van der Waals surface area contributed by atoms with Crippen LogP contribution in [-0.4, -0.2) is 11.4 Å². The van der Waals surface area contributed by atoms with E-state index in [2.05, 4.69) is 0 Å². The van der Waals surface area contributed by atoms with Gasteiger partial charge >= 0.3 is 0 Å². The van der Waals surface area contributed by atoms with Gasteiger partial charge < -0.3 is 9.90 Å². The second-order valence-electron chi connectivity index (χ2n) is 2.25. The number of aliphatic hydroxyl groups is 1. The number of carbonyl (C=O) groups is 1. The van der Waals surface area contributed by atoms with Crippen molar-refractivity contribution in [3.8, 4) is 0 Å². The van der Waals surface area contributed by atoms with Gasteiger partial charge in [0.15, 0.2) is 6.29 Å². The van der Waals surface area contributed by atoms with Crippen molar-refractivity contribution in [2.24, 2.45) is 0 Å². The Labute approximate surface area is 79.7 Å². The van der Waals surface area contributed by atoms with Crippen molar-refractivity contribution in [1.82, 2.24) is 0 Å². The molecule has 64 valence electrons. The third-order valence-electron chi connectivity index (χ3n) is 1.41. The molecule has 1 rings (SSSR count). The highest BCUT2D eigenvalue weighted by Crippen LogP contribution is 2.24. The van der Waals surface area contributed by atoms with Gasteiger partial charge in [-0.25, -0.2) is 0 Å². The number of aliphatic hydroxyl groups excluding tert-OH is 1. The van der Waals surface area contributed by atoms with E-state index in [0.717, 1.165) is 0 Å². The monoisotopic (exact) mass is 204 g/mol. The van der Waals surface area contributed by atoms with Crippen LogP contribution < -0.4 is 0 Å². The van der Waals surface area contributed by atoms with Crippen molar-refractivity contribution in [3.05, 3.63) is 33.8 Å². The molecule has 1 aromatic rings. The predicted octanol–water partition coefficient (Wildman–Crippen LogP) is 2.23. The van der Waals surface area contributed by atoms with E-state index in [9.17, 15) is 4.79 Å². The highest BCUT2D eigenvalue weighted by molar-refractivity contribution is 6.42. The van der Waals surface area contributed by atoms with Crippen molar-refractivity contribution in [2.75, 3.05) is 0 Å². The van der Waals surface area contributed by atoms with E-state index in [-0.39, 0.29) is 0 Å². The third-order valence-corrected chi connectivity index (χ3v) is 2.15. The van der Waals surface area contributed by atoms with Crippen LogP contribution in [0.25, 0.3) is 0 Å². The smallest absolute Gasteiger partial charge is 0.153 e. The van der Waals surface area contributed by atoms with Gasteiger partial charge in [0, 0.05) is 0 Å². The normalized spacial score (nSPS) is 12.6. The van der Waals surface area contributed by atoms with Gasteiger partial charge in [-0.3, -0.25) is 0 Å². The number of benzene rings is 1. The summed E-state index contributed by atoms with van der Waals surface area (Å²) in [7, 11) is 0. The number of hydrogen-bond acceptors (Lipinski definition) is 2. The summed E-state index contributed by atoms with van der Waals surface area (Å²) in [5.74, 6) is 0. The number of aldehydes is 1. The van der Waals surface area contributed by atoms with Gasteiger partial charge in [0.05, 0.1) is 10.0 Å². The van der Waals surface area contributed by atoms with Gasteiger partial charge in [-0.05, 0) is 17.7 Å². The zero-order valence-electron chi connectivity index (χ0n) is 6.00. The average molecular weight is 205 g/mol. The lowest BCUT2D eigenvalue weighted by atomic mass is 10.1. The first-order chi connectivity index (χ1) is 5.65. The molecule has 0 saturated carbocycles. The molecule has 0 fully saturated rings. The fourth-order valence-corrected chi connectivity index (χ4v) is 1.08. The van der Waals surface area contributed by atoms with Crippen LogP contribution in [0.5, 0.6) is 0 Å². The van der Waals surface area contributed by atoms with E-state index in [1.54, 1.807) is 6.07 Å². The Kier molecular flexibility index (Phi) is 3.09. The maximum atomic E-state index is 10.2. The highest BCUT2D eigenvalue weighted by Gasteiger charge is 2.06. The van der Waals surface area contributed by atoms with Gasteiger partial charge in [-0.1, -0.05) is 29.3 Å². The van der Waals surface area contributed by atoms with E-state index in [1.807, 2.05) is 0 Å². The summed E-state index contributed by atoms with van der Waals surface area (Å²) in [6.07, 6.45) is -0.695. The van der Waals surface area contributed by atoms with E-state index in [4.69, 9.17) is 28.3 Å². The molecule has 4 heteroatoms. The molecule has 0 aliphatic rings. The minimum atomic E-state index is -1.13. The predicted molar refractivity (Wildman–Crippen MR) is 47.5 cm³/mol. The number of halogens is 2. The van der Waals surface area contributed by atoms with Crippen LogP contribution in [0.3, 0.4) is 0 Å². The van der Waals surface area contributed by atoms with Gasteiger partial charge in [0.25, 0.3) is 0 Å². The zero-order chi connectivity index (χ0) is 9.14. The Hall–Kier alpha value is -0.570. The van der Waals surface area contributed by atoms with Crippen LogP contribution in [0.2, 0.25) is 10.0 Å². The first-order valence-corrected chi connectivity index (χ1v) is 3.99. The lowest BCUT2D eigenvalue weighted by Gasteiger charge is -2.03. The molecule has 1 aromatic carbocycles. The van der Waals surface area contributed by atoms with E-state index in [1.165, 1.54) is 12.1 Å². The van der Waals surface area contributed by atoms with Crippen molar-refractivity contribution >= 4 is 29.5 Å². The average Bonchev–Trinajstić information content (AvgIpc) is 2.08. The molecule has 0 heterocycles. The van der Waals surface area contributed by atoms with Crippen molar-refractivity contribution in [3.63, 3.8) is 0 Å². The molecule has 1 unspecified atom stereocenters. The molecule has 2 nitrogen and oxygen atoms in total. The maximum absolute atomic E-state index is 10.2. The molecular weight excluding hydrogens is 199 g/mol. The number of rotatable bonds is 2. The SMILES string of the molecule is O=CC(O)c1ccc(Cl)c(Cl)c1. The Balaban J connectivity index is 3.04. The molecule has 0 spiro atoms. The first-order valence-electron chi connectivity index (χ1n) is 3.23. The van der Waals surface area contributed by atoms with E-state index < -0.39 is 6.10 Å². The minimum Gasteiger partial charge on any atom is -0.381 e. The van der Waals surface area contributed by atoms with Crippen molar-refractivity contribution < 1.29 is 9.90 Å². The quantitative estimate of drug-likeness (QED) is 0.751. The molecule has 1 atom stereocenters. The molecule has 0 amide bonds. The van der Waals surface area contributed by atoms with E-state index >= 15 is 0 Å². The molecule has 0 saturated heterocycles. The summed E-state index contributed by atoms with van der Waals surface area (Å²) in [6, 6.07) is 4.54. The standard InChI is InChI=1S/C8H6Cl2O2/c9-6-2-1-5(3-7(6)10)8(12)4-11/h1-4,8,12H. The summed E-state index contributed by atoms with van der Waals surface area (Å²) >= 11 is 11.3. The molecule has 0 aromatic heterocycles. The second-order valence-corrected chi connectivity index (χ2v) is 3.07. The second kappa shape index (κ2) is 3.90. The Bertz CT molecular complexity index is 299. The third kappa shape index (κ3) is 1.97. The fourth-order valence-electron chi connectivity index (χ4n) is 0.775. The highest BCUT2D eigenvalue weighted by atomic mass is 35.5. The summed E-state index contributed by atoms with van der Waals surface area (Å²) in [5, 5.41) is 9.80. The van der Waals surface area contributed by atoms with Gasteiger partial charge in [0.2, 0.25) is 0 Å². The molecular formula is C8H6Cl2O2. The molecule has 0 radical (unpaired) electrons. The zero-order valence-corrected chi connectivity index (χ0v) is 7.51. The first kappa shape index (κ1) is 9.52. The number of hydrogen-bond donors (Lipinski definition) is 1. The molecule has 1 N–H and O–H groups in total. The van der Waals surface area contributed by atoms with Crippen LogP contribution in [-0.2, 0) is 4.79 Å². The lowest BCUT2D eigenvalue weighted by Crippen LogP contribution is -1.97. The van der Waals surface area contributed by atoms with Crippen molar-refractivity contribution in [1.29, 1.82) is 0 Å². The maximum Gasteiger partial charge on any atom is 0.153 e. The largest absolute Gasteiger partial charge is 0.381 e. The van der Waals surface area contributed by atoms with Gasteiger partial charge in [0.1, 0.15) is 6.10 Å². The van der Waals surface area contributed by atoms with E-state index in [0.29, 0.717) is 21.9 Å². The molecule has 12 heavy (non-hydrogen) atoms. The topological polar surface area (TPSA) is 37.3 Å². The Morgan fingerprint density at radius 2 is 2.00 bits per heavy atom.